The average molecular weight is 198 g/mol. The van der Waals surface area contributed by atoms with Gasteiger partial charge >= 0.3 is 0 Å². The molecule has 0 N–H and O–H groups in total. The molecule has 0 aromatic rings. The van der Waals surface area contributed by atoms with Gasteiger partial charge in [-0.2, -0.15) is 0 Å². The lowest BCUT2D eigenvalue weighted by Crippen LogP contribution is -2.35. The zero-order chi connectivity index (χ0) is 9.54. The molecule has 4 atom stereocenters. The van der Waals surface area contributed by atoms with Gasteiger partial charge in [0.2, 0.25) is 0 Å². The number of epoxide rings is 1. The van der Waals surface area contributed by atoms with Crippen molar-refractivity contribution in [2.24, 2.45) is 0 Å². The number of allylic oxidation sites excluding steroid dienone is 1. The molecular weight excluding hydrogens is 183 g/mol. The van der Waals surface area contributed by atoms with Crippen LogP contribution in [0, 0.1) is 0 Å². The van der Waals surface area contributed by atoms with E-state index in [9.17, 15) is 4.39 Å². The average Bonchev–Trinajstić information content (AvgIpc) is 3.00. The Labute approximate surface area is 83.1 Å². The van der Waals surface area contributed by atoms with Crippen LogP contribution >= 0.6 is 0 Å². The normalized spacial score (nSPS) is 46.8. The Morgan fingerprint density at radius 1 is 1.21 bits per heavy atom. The molecule has 4 unspecified atom stereocenters. The van der Waals surface area contributed by atoms with Gasteiger partial charge in [-0.25, -0.2) is 4.39 Å². The number of ether oxygens (including phenoxy) is 2. The molecule has 0 aromatic heterocycles. The van der Waals surface area contributed by atoms with E-state index in [0.717, 1.165) is 25.9 Å². The Hall–Kier alpha value is -0.410. The highest BCUT2D eigenvalue weighted by molar-refractivity contribution is 5.17. The SMILES string of the molecule is FC1C=C2CCC(C3CO3)OC2CC1. The molecular formula is C11H15FO2. The summed E-state index contributed by atoms with van der Waals surface area (Å²) in [5, 5.41) is 0. The van der Waals surface area contributed by atoms with Gasteiger partial charge in [0.1, 0.15) is 12.3 Å². The van der Waals surface area contributed by atoms with E-state index < -0.39 is 6.17 Å². The van der Waals surface area contributed by atoms with Crippen LogP contribution in [0.5, 0.6) is 0 Å². The molecule has 3 rings (SSSR count). The topological polar surface area (TPSA) is 21.8 Å². The standard InChI is InChI=1S/C11H15FO2/c12-8-2-4-9-7(5-8)1-3-10(14-9)11-6-13-11/h5,8-11H,1-4,6H2. The minimum absolute atomic E-state index is 0.185. The van der Waals surface area contributed by atoms with Crippen LogP contribution < -0.4 is 0 Å². The van der Waals surface area contributed by atoms with Crippen molar-refractivity contribution in [3.8, 4) is 0 Å². The number of hydrogen-bond donors (Lipinski definition) is 0. The summed E-state index contributed by atoms with van der Waals surface area (Å²) in [5.41, 5.74) is 1.18. The van der Waals surface area contributed by atoms with Crippen LogP contribution in [0.2, 0.25) is 0 Å². The summed E-state index contributed by atoms with van der Waals surface area (Å²) in [4.78, 5) is 0. The lowest BCUT2D eigenvalue weighted by molar-refractivity contribution is -0.0418. The van der Waals surface area contributed by atoms with Crippen LogP contribution in [0.15, 0.2) is 11.6 Å². The van der Waals surface area contributed by atoms with Crippen molar-refractivity contribution in [2.45, 2.75) is 50.2 Å². The molecule has 0 spiro atoms. The predicted octanol–water partition coefficient (Wildman–Crippen LogP) is 1.99. The first-order chi connectivity index (χ1) is 6.83. The fourth-order valence-corrected chi connectivity index (χ4v) is 2.45. The molecule has 14 heavy (non-hydrogen) atoms. The van der Waals surface area contributed by atoms with Crippen LogP contribution in [0.4, 0.5) is 4.39 Å². The summed E-state index contributed by atoms with van der Waals surface area (Å²) < 4.78 is 24.2. The molecule has 0 aromatic carbocycles. The maximum atomic E-state index is 13.1. The van der Waals surface area contributed by atoms with Gasteiger partial charge in [0, 0.05) is 0 Å². The van der Waals surface area contributed by atoms with Gasteiger partial charge in [-0.1, -0.05) is 0 Å². The number of fused-ring (bicyclic) bond motifs is 1. The second-order valence-corrected chi connectivity index (χ2v) is 4.41. The maximum absolute atomic E-state index is 13.1. The Bertz CT molecular complexity index is 260. The van der Waals surface area contributed by atoms with Crippen molar-refractivity contribution in [1.29, 1.82) is 0 Å². The van der Waals surface area contributed by atoms with E-state index in [1.54, 1.807) is 6.08 Å². The number of hydrogen-bond acceptors (Lipinski definition) is 2. The number of rotatable bonds is 1. The zero-order valence-electron chi connectivity index (χ0n) is 8.12. The minimum Gasteiger partial charge on any atom is -0.370 e. The largest absolute Gasteiger partial charge is 0.370 e. The van der Waals surface area contributed by atoms with E-state index in [-0.39, 0.29) is 12.2 Å². The highest BCUT2D eigenvalue weighted by Gasteiger charge is 2.39. The van der Waals surface area contributed by atoms with Crippen LogP contribution in [-0.4, -0.2) is 31.1 Å². The third kappa shape index (κ3) is 1.59. The van der Waals surface area contributed by atoms with E-state index in [2.05, 4.69) is 0 Å². The lowest BCUT2D eigenvalue weighted by Gasteiger charge is -2.34. The summed E-state index contributed by atoms with van der Waals surface area (Å²) in [7, 11) is 0. The first-order valence-corrected chi connectivity index (χ1v) is 5.44. The molecule has 2 heterocycles. The highest BCUT2D eigenvalue weighted by atomic mass is 19.1. The van der Waals surface area contributed by atoms with E-state index in [1.165, 1.54) is 5.57 Å². The van der Waals surface area contributed by atoms with Gasteiger partial charge in [0.25, 0.3) is 0 Å². The van der Waals surface area contributed by atoms with Crippen molar-refractivity contribution < 1.29 is 13.9 Å². The minimum atomic E-state index is -0.737. The quantitative estimate of drug-likeness (QED) is 0.474. The monoisotopic (exact) mass is 198 g/mol. The first kappa shape index (κ1) is 8.86. The molecule has 0 radical (unpaired) electrons. The van der Waals surface area contributed by atoms with Crippen LogP contribution in [0.25, 0.3) is 0 Å². The molecule has 2 nitrogen and oxygen atoms in total. The van der Waals surface area contributed by atoms with E-state index in [4.69, 9.17) is 9.47 Å². The van der Waals surface area contributed by atoms with E-state index in [0.29, 0.717) is 12.5 Å². The summed E-state index contributed by atoms with van der Waals surface area (Å²) >= 11 is 0. The van der Waals surface area contributed by atoms with Crippen molar-refractivity contribution >= 4 is 0 Å². The summed E-state index contributed by atoms with van der Waals surface area (Å²) in [6.07, 6.45) is 5.27. The molecule has 1 aliphatic carbocycles. The Morgan fingerprint density at radius 3 is 2.86 bits per heavy atom. The molecule has 2 fully saturated rings. The zero-order valence-corrected chi connectivity index (χ0v) is 8.12. The van der Waals surface area contributed by atoms with Gasteiger partial charge < -0.3 is 9.47 Å². The van der Waals surface area contributed by atoms with Crippen LogP contribution in [-0.2, 0) is 9.47 Å². The lowest BCUT2D eigenvalue weighted by atomic mass is 9.88. The number of halogens is 1. The van der Waals surface area contributed by atoms with Crippen LogP contribution in [0.1, 0.15) is 25.7 Å². The first-order valence-electron chi connectivity index (χ1n) is 5.44. The summed E-state index contributed by atoms with van der Waals surface area (Å²) in [6.45, 7) is 0.849. The molecule has 3 heteroatoms. The van der Waals surface area contributed by atoms with Crippen molar-refractivity contribution in [3.05, 3.63) is 11.6 Å². The van der Waals surface area contributed by atoms with Crippen molar-refractivity contribution in [2.75, 3.05) is 6.61 Å². The molecule has 0 bridgehead atoms. The third-order valence-electron chi connectivity index (χ3n) is 3.34. The van der Waals surface area contributed by atoms with Gasteiger partial charge in [0.15, 0.2) is 0 Å². The Morgan fingerprint density at radius 2 is 2.07 bits per heavy atom. The Kier molecular flexibility index (Phi) is 2.10. The number of alkyl halides is 1. The fourth-order valence-electron chi connectivity index (χ4n) is 2.45. The highest BCUT2D eigenvalue weighted by Crippen LogP contribution is 2.36. The van der Waals surface area contributed by atoms with Gasteiger partial charge in [-0.3, -0.25) is 0 Å². The molecule has 78 valence electrons. The predicted molar refractivity (Wildman–Crippen MR) is 49.8 cm³/mol. The summed E-state index contributed by atoms with van der Waals surface area (Å²) in [5.74, 6) is 0. The molecule has 0 saturated carbocycles. The second kappa shape index (κ2) is 3.31. The van der Waals surface area contributed by atoms with Gasteiger partial charge in [-0.05, 0) is 37.3 Å². The maximum Gasteiger partial charge on any atom is 0.119 e. The third-order valence-corrected chi connectivity index (χ3v) is 3.34. The second-order valence-electron chi connectivity index (χ2n) is 4.41. The van der Waals surface area contributed by atoms with Crippen molar-refractivity contribution in [1.82, 2.24) is 0 Å². The van der Waals surface area contributed by atoms with Crippen LogP contribution in [0.3, 0.4) is 0 Å². The summed E-state index contributed by atoms with van der Waals surface area (Å²) in [6, 6.07) is 0. The smallest absolute Gasteiger partial charge is 0.119 e. The molecule has 3 aliphatic rings. The van der Waals surface area contributed by atoms with E-state index in [1.807, 2.05) is 0 Å². The van der Waals surface area contributed by atoms with Crippen molar-refractivity contribution in [3.63, 3.8) is 0 Å². The Balaban J connectivity index is 1.69. The van der Waals surface area contributed by atoms with E-state index >= 15 is 0 Å². The van der Waals surface area contributed by atoms with Gasteiger partial charge in [0.05, 0.1) is 18.8 Å². The molecule has 2 aliphatic heterocycles. The molecule has 2 saturated heterocycles. The fraction of sp³-hybridized carbons (Fsp3) is 0.818. The van der Waals surface area contributed by atoms with Gasteiger partial charge in [-0.15, -0.1) is 0 Å². The molecule has 0 amide bonds.